The van der Waals surface area contributed by atoms with Gasteiger partial charge >= 0.3 is 5.97 Å². The van der Waals surface area contributed by atoms with Gasteiger partial charge in [0.15, 0.2) is 5.82 Å². The number of hydrogen-bond acceptors (Lipinski definition) is 5. The van der Waals surface area contributed by atoms with E-state index in [0.29, 0.717) is 11.7 Å². The molecule has 0 fully saturated rings. The SMILES string of the molecule is CC.Cc1noc(-c2ccc(C)c(NCC(=O)O)c2)n1. The summed E-state index contributed by atoms with van der Waals surface area (Å²) in [5.74, 6) is 0.0740. The number of aryl methyl sites for hydroxylation is 2. The van der Waals surface area contributed by atoms with Crippen molar-refractivity contribution in [1.29, 1.82) is 0 Å². The van der Waals surface area contributed by atoms with Gasteiger partial charge in [-0.2, -0.15) is 4.98 Å². The van der Waals surface area contributed by atoms with Crippen LogP contribution < -0.4 is 5.32 Å². The molecule has 0 bridgehead atoms. The average Bonchev–Trinajstić information content (AvgIpc) is 2.86. The molecule has 2 N–H and O–H groups in total. The fourth-order valence-electron chi connectivity index (χ4n) is 1.53. The van der Waals surface area contributed by atoms with Crippen LogP contribution in [0.3, 0.4) is 0 Å². The normalized spacial score (nSPS) is 9.60. The number of anilines is 1. The maximum Gasteiger partial charge on any atom is 0.322 e. The summed E-state index contributed by atoms with van der Waals surface area (Å²) >= 11 is 0. The highest BCUT2D eigenvalue weighted by atomic mass is 16.5. The molecular formula is C14H19N3O3. The largest absolute Gasteiger partial charge is 0.480 e. The van der Waals surface area contributed by atoms with Gasteiger partial charge in [-0.25, -0.2) is 0 Å². The third-order valence-corrected chi connectivity index (χ3v) is 2.44. The van der Waals surface area contributed by atoms with Crippen LogP contribution in [0.1, 0.15) is 25.2 Å². The number of nitrogens with zero attached hydrogens (tertiary/aromatic N) is 2. The molecule has 20 heavy (non-hydrogen) atoms. The molecule has 2 rings (SSSR count). The second-order valence-corrected chi connectivity index (χ2v) is 3.92. The van der Waals surface area contributed by atoms with Crippen LogP contribution in [0.15, 0.2) is 22.7 Å². The molecule has 0 atom stereocenters. The van der Waals surface area contributed by atoms with Gasteiger partial charge in [-0.05, 0) is 31.5 Å². The average molecular weight is 277 g/mol. The van der Waals surface area contributed by atoms with E-state index in [0.717, 1.165) is 16.8 Å². The number of hydrogen-bond donors (Lipinski definition) is 2. The standard InChI is InChI=1S/C12H13N3O3.C2H6/c1-7-3-4-9(12-14-8(2)15-18-12)5-10(7)13-6-11(16)17;1-2/h3-5,13H,6H2,1-2H3,(H,16,17);1-2H3. The maximum atomic E-state index is 10.5. The Bertz CT molecular complexity index is 579. The number of carboxylic acid groups (broad SMARTS) is 1. The molecule has 0 aliphatic heterocycles. The second-order valence-electron chi connectivity index (χ2n) is 3.92. The molecule has 0 saturated carbocycles. The van der Waals surface area contributed by atoms with Gasteiger partial charge in [-0.1, -0.05) is 25.1 Å². The van der Waals surface area contributed by atoms with Crippen molar-refractivity contribution >= 4 is 11.7 Å². The van der Waals surface area contributed by atoms with Crippen molar-refractivity contribution in [2.45, 2.75) is 27.7 Å². The van der Waals surface area contributed by atoms with Gasteiger partial charge in [-0.15, -0.1) is 0 Å². The van der Waals surface area contributed by atoms with Crippen LogP contribution in [0.25, 0.3) is 11.5 Å². The van der Waals surface area contributed by atoms with Crippen LogP contribution in [-0.4, -0.2) is 27.8 Å². The molecule has 0 saturated heterocycles. The lowest BCUT2D eigenvalue weighted by atomic mass is 10.1. The van der Waals surface area contributed by atoms with Gasteiger partial charge in [0.25, 0.3) is 5.89 Å². The molecule has 1 aromatic heterocycles. The van der Waals surface area contributed by atoms with E-state index in [1.165, 1.54) is 0 Å². The van der Waals surface area contributed by atoms with E-state index < -0.39 is 5.97 Å². The highest BCUT2D eigenvalue weighted by Crippen LogP contribution is 2.24. The molecule has 2 aromatic rings. The van der Waals surface area contributed by atoms with Crippen molar-refractivity contribution in [3.63, 3.8) is 0 Å². The minimum absolute atomic E-state index is 0.132. The molecule has 0 aliphatic carbocycles. The minimum atomic E-state index is -0.909. The lowest BCUT2D eigenvalue weighted by molar-refractivity contribution is -0.134. The van der Waals surface area contributed by atoms with Crippen LogP contribution in [0.4, 0.5) is 5.69 Å². The summed E-state index contributed by atoms with van der Waals surface area (Å²) in [6.07, 6.45) is 0. The Kier molecular flexibility index (Phi) is 5.71. The Balaban J connectivity index is 0.000000956. The number of carboxylic acids is 1. The van der Waals surface area contributed by atoms with Gasteiger partial charge in [0, 0.05) is 11.3 Å². The van der Waals surface area contributed by atoms with Gasteiger partial charge < -0.3 is 14.9 Å². The topological polar surface area (TPSA) is 88.2 Å². The van der Waals surface area contributed by atoms with Crippen LogP contribution in [0.2, 0.25) is 0 Å². The summed E-state index contributed by atoms with van der Waals surface area (Å²) in [6.45, 7) is 7.50. The van der Waals surface area contributed by atoms with E-state index >= 15 is 0 Å². The Morgan fingerprint density at radius 2 is 2.05 bits per heavy atom. The Labute approximate surface area is 117 Å². The quantitative estimate of drug-likeness (QED) is 0.893. The molecule has 0 spiro atoms. The van der Waals surface area contributed by atoms with Crippen LogP contribution in [0.5, 0.6) is 0 Å². The molecular weight excluding hydrogens is 258 g/mol. The summed E-state index contributed by atoms with van der Waals surface area (Å²) in [5, 5.41) is 15.2. The van der Waals surface area contributed by atoms with Crippen LogP contribution >= 0.6 is 0 Å². The van der Waals surface area contributed by atoms with Crippen molar-refractivity contribution in [2.24, 2.45) is 0 Å². The van der Waals surface area contributed by atoms with E-state index in [1.807, 2.05) is 32.9 Å². The molecule has 0 radical (unpaired) electrons. The molecule has 6 nitrogen and oxygen atoms in total. The lowest BCUT2D eigenvalue weighted by Gasteiger charge is -2.08. The molecule has 0 amide bonds. The summed E-state index contributed by atoms with van der Waals surface area (Å²) < 4.78 is 5.07. The number of rotatable bonds is 4. The Hall–Kier alpha value is -2.37. The van der Waals surface area contributed by atoms with E-state index in [4.69, 9.17) is 9.63 Å². The van der Waals surface area contributed by atoms with E-state index in [1.54, 1.807) is 13.0 Å². The van der Waals surface area contributed by atoms with Gasteiger partial charge in [0.2, 0.25) is 0 Å². The monoisotopic (exact) mass is 277 g/mol. The number of aliphatic carboxylic acids is 1. The summed E-state index contributed by atoms with van der Waals surface area (Å²) in [5.41, 5.74) is 2.45. The van der Waals surface area contributed by atoms with Crippen molar-refractivity contribution in [3.05, 3.63) is 29.6 Å². The second kappa shape index (κ2) is 7.28. The van der Waals surface area contributed by atoms with Crippen molar-refractivity contribution in [1.82, 2.24) is 10.1 Å². The molecule has 0 unspecified atom stereocenters. The predicted octanol–water partition coefficient (Wildman–Crippen LogP) is 2.88. The van der Waals surface area contributed by atoms with Crippen molar-refractivity contribution in [3.8, 4) is 11.5 Å². The van der Waals surface area contributed by atoms with Crippen molar-refractivity contribution in [2.75, 3.05) is 11.9 Å². The summed E-state index contributed by atoms with van der Waals surface area (Å²) in [6, 6.07) is 5.53. The molecule has 0 aliphatic rings. The lowest BCUT2D eigenvalue weighted by Crippen LogP contribution is -2.13. The van der Waals surface area contributed by atoms with Gasteiger partial charge in [0.1, 0.15) is 6.54 Å². The first-order chi connectivity index (χ1) is 9.56. The predicted molar refractivity (Wildman–Crippen MR) is 76.7 cm³/mol. The third kappa shape index (κ3) is 4.08. The van der Waals surface area contributed by atoms with Crippen LogP contribution in [0, 0.1) is 13.8 Å². The first kappa shape index (κ1) is 15.7. The summed E-state index contributed by atoms with van der Waals surface area (Å²) in [4.78, 5) is 14.7. The van der Waals surface area contributed by atoms with Gasteiger partial charge in [-0.3, -0.25) is 4.79 Å². The Morgan fingerprint density at radius 3 is 2.60 bits per heavy atom. The highest BCUT2D eigenvalue weighted by Gasteiger charge is 2.09. The fourth-order valence-corrected chi connectivity index (χ4v) is 1.53. The summed E-state index contributed by atoms with van der Waals surface area (Å²) in [7, 11) is 0. The molecule has 1 aromatic carbocycles. The number of aromatic nitrogens is 2. The first-order valence-corrected chi connectivity index (χ1v) is 6.43. The molecule has 6 heteroatoms. The smallest absolute Gasteiger partial charge is 0.322 e. The van der Waals surface area contributed by atoms with E-state index in [2.05, 4.69) is 15.5 Å². The number of benzene rings is 1. The maximum absolute atomic E-state index is 10.5. The Morgan fingerprint density at radius 1 is 1.35 bits per heavy atom. The fraction of sp³-hybridized carbons (Fsp3) is 0.357. The number of nitrogens with one attached hydrogen (secondary N) is 1. The molecule has 108 valence electrons. The zero-order valence-corrected chi connectivity index (χ0v) is 12.1. The first-order valence-electron chi connectivity index (χ1n) is 6.43. The molecule has 1 heterocycles. The number of carbonyl (C=O) groups is 1. The van der Waals surface area contributed by atoms with E-state index in [9.17, 15) is 4.79 Å². The van der Waals surface area contributed by atoms with Crippen molar-refractivity contribution < 1.29 is 14.4 Å². The van der Waals surface area contributed by atoms with Gasteiger partial charge in [0.05, 0.1) is 0 Å². The third-order valence-electron chi connectivity index (χ3n) is 2.44. The zero-order valence-electron chi connectivity index (χ0n) is 12.1. The zero-order chi connectivity index (χ0) is 15.1. The minimum Gasteiger partial charge on any atom is -0.480 e. The highest BCUT2D eigenvalue weighted by molar-refractivity contribution is 5.74. The van der Waals surface area contributed by atoms with Crippen LogP contribution in [-0.2, 0) is 4.79 Å². The van der Waals surface area contributed by atoms with E-state index in [-0.39, 0.29) is 6.54 Å².